The quantitative estimate of drug-likeness (QED) is 0.505. The van der Waals surface area contributed by atoms with E-state index in [1.807, 2.05) is 30.6 Å². The molecule has 0 radical (unpaired) electrons. The standard InChI is InChI=1S/C20H22FN9O/c21-14-9-28(12-10-31-11-12)6-3-16(14)25-20-26-19(22)18-13(2-7-30(18)27-20)15-4-8-29-17(24-15)1-5-23-29/h1-2,4-5,7-8,12,14,16H,3,6,9-11H2,(H3,22,25,26,27)/t14-,16+/m1/s1. The number of hydrogen-bond donors (Lipinski definition) is 2. The van der Waals surface area contributed by atoms with Gasteiger partial charge in [-0.3, -0.25) is 4.90 Å². The van der Waals surface area contributed by atoms with Crippen LogP contribution < -0.4 is 11.1 Å². The van der Waals surface area contributed by atoms with E-state index in [-0.39, 0.29) is 6.04 Å². The van der Waals surface area contributed by atoms with Crippen LogP contribution in [0.1, 0.15) is 6.42 Å². The summed E-state index contributed by atoms with van der Waals surface area (Å²) < 4.78 is 23.4. The zero-order chi connectivity index (χ0) is 20.9. The van der Waals surface area contributed by atoms with Gasteiger partial charge in [-0.05, 0) is 18.6 Å². The fourth-order valence-corrected chi connectivity index (χ4v) is 4.31. The zero-order valence-electron chi connectivity index (χ0n) is 16.7. The summed E-state index contributed by atoms with van der Waals surface area (Å²) in [7, 11) is 0. The highest BCUT2D eigenvalue weighted by Gasteiger charge is 2.35. The molecule has 0 aromatic carbocycles. The molecule has 0 aliphatic carbocycles. The molecule has 0 amide bonds. The lowest BCUT2D eigenvalue weighted by Crippen LogP contribution is -2.57. The first-order valence-corrected chi connectivity index (χ1v) is 10.3. The molecule has 2 aliphatic heterocycles. The molecule has 2 fully saturated rings. The van der Waals surface area contributed by atoms with Crippen molar-refractivity contribution < 1.29 is 9.13 Å². The van der Waals surface area contributed by atoms with E-state index in [9.17, 15) is 4.39 Å². The molecule has 10 nitrogen and oxygen atoms in total. The van der Waals surface area contributed by atoms with Crippen LogP contribution in [0.3, 0.4) is 0 Å². The highest BCUT2D eigenvalue weighted by atomic mass is 19.1. The lowest BCUT2D eigenvalue weighted by molar-refractivity contribution is -0.0794. The van der Waals surface area contributed by atoms with Gasteiger partial charge >= 0.3 is 0 Å². The maximum Gasteiger partial charge on any atom is 0.243 e. The van der Waals surface area contributed by atoms with Crippen molar-refractivity contribution in [1.82, 2.24) is 34.1 Å². The summed E-state index contributed by atoms with van der Waals surface area (Å²) in [6, 6.07) is 5.60. The van der Waals surface area contributed by atoms with Crippen LogP contribution in [0.2, 0.25) is 0 Å². The minimum atomic E-state index is -1.01. The Hall–Kier alpha value is -3.31. The van der Waals surface area contributed by atoms with Crippen LogP contribution >= 0.6 is 0 Å². The first-order chi connectivity index (χ1) is 15.2. The summed E-state index contributed by atoms with van der Waals surface area (Å²) >= 11 is 0. The second kappa shape index (κ2) is 7.13. The van der Waals surface area contributed by atoms with E-state index in [0.29, 0.717) is 49.5 Å². The van der Waals surface area contributed by atoms with E-state index in [0.717, 1.165) is 23.4 Å². The Kier molecular flexibility index (Phi) is 4.25. The molecule has 0 unspecified atom stereocenters. The molecule has 6 rings (SSSR count). The molecule has 0 bridgehead atoms. The van der Waals surface area contributed by atoms with E-state index in [1.165, 1.54) is 0 Å². The summed E-state index contributed by atoms with van der Waals surface area (Å²) in [6.07, 6.45) is 5.01. The number of fused-ring (bicyclic) bond motifs is 2. The SMILES string of the molecule is Nc1nc(N[C@H]2CCN(C3COC3)C[C@H]2F)nn2ccc(-c3ccn4nccc4n3)c12. The Labute approximate surface area is 176 Å². The summed E-state index contributed by atoms with van der Waals surface area (Å²) in [6.45, 7) is 2.60. The molecule has 11 heteroatoms. The third-order valence-electron chi connectivity index (χ3n) is 6.10. The number of halogens is 1. The van der Waals surface area contributed by atoms with Crippen molar-refractivity contribution >= 4 is 22.9 Å². The molecule has 2 saturated heterocycles. The van der Waals surface area contributed by atoms with Crippen LogP contribution in [0.4, 0.5) is 16.2 Å². The largest absolute Gasteiger partial charge is 0.382 e. The maximum atomic E-state index is 14.8. The lowest BCUT2D eigenvalue weighted by Gasteiger charge is -2.42. The number of piperidine rings is 1. The molecule has 2 aliphatic rings. The van der Waals surface area contributed by atoms with E-state index in [2.05, 4.69) is 30.4 Å². The van der Waals surface area contributed by atoms with Crippen molar-refractivity contribution in [2.45, 2.75) is 24.7 Å². The molecule has 4 aromatic rings. The molecule has 0 spiro atoms. The number of nitrogen functional groups attached to an aromatic ring is 1. The molecule has 31 heavy (non-hydrogen) atoms. The number of alkyl halides is 1. The number of anilines is 2. The normalized spacial score (nSPS) is 22.7. The first kappa shape index (κ1) is 18.5. The van der Waals surface area contributed by atoms with Crippen LogP contribution in [0.15, 0.2) is 36.8 Å². The number of likely N-dealkylation sites (tertiary alicyclic amines) is 1. The molecule has 4 aromatic heterocycles. The maximum absolute atomic E-state index is 14.8. The zero-order valence-corrected chi connectivity index (χ0v) is 16.7. The molecule has 6 heterocycles. The van der Waals surface area contributed by atoms with E-state index in [4.69, 9.17) is 10.5 Å². The van der Waals surface area contributed by atoms with Crippen molar-refractivity contribution in [3.05, 3.63) is 36.8 Å². The third-order valence-corrected chi connectivity index (χ3v) is 6.10. The number of hydrogen-bond acceptors (Lipinski definition) is 8. The van der Waals surface area contributed by atoms with Gasteiger partial charge in [0.1, 0.15) is 11.7 Å². The smallest absolute Gasteiger partial charge is 0.243 e. The third kappa shape index (κ3) is 3.17. The Morgan fingerprint density at radius 3 is 2.81 bits per heavy atom. The molecular weight excluding hydrogens is 401 g/mol. The number of nitrogens with zero attached hydrogens (tertiary/aromatic N) is 7. The van der Waals surface area contributed by atoms with Crippen molar-refractivity contribution in [3.63, 3.8) is 0 Å². The number of nitrogens with two attached hydrogens (primary N) is 1. The van der Waals surface area contributed by atoms with E-state index in [1.54, 1.807) is 15.2 Å². The van der Waals surface area contributed by atoms with Crippen molar-refractivity contribution in [2.75, 3.05) is 37.4 Å². The second-order valence-corrected chi connectivity index (χ2v) is 8.03. The van der Waals surface area contributed by atoms with Gasteiger partial charge in [-0.2, -0.15) is 10.1 Å². The Balaban J connectivity index is 1.25. The van der Waals surface area contributed by atoms with E-state index < -0.39 is 6.17 Å². The van der Waals surface area contributed by atoms with Gasteiger partial charge in [0, 0.05) is 37.1 Å². The summed E-state index contributed by atoms with van der Waals surface area (Å²) in [4.78, 5) is 11.2. The molecule has 3 N–H and O–H groups in total. The van der Waals surface area contributed by atoms with Crippen LogP contribution in [-0.4, -0.2) is 78.7 Å². The van der Waals surface area contributed by atoms with Crippen molar-refractivity contribution in [3.8, 4) is 11.3 Å². The molecule has 160 valence electrons. The topological polar surface area (TPSA) is 111 Å². The number of ether oxygens (including phenoxy) is 1. The Morgan fingerprint density at radius 1 is 1.13 bits per heavy atom. The summed E-state index contributed by atoms with van der Waals surface area (Å²) in [5.74, 6) is 0.631. The second-order valence-electron chi connectivity index (χ2n) is 8.03. The molecule has 0 saturated carbocycles. The number of aromatic nitrogens is 6. The van der Waals surface area contributed by atoms with Crippen molar-refractivity contribution in [2.24, 2.45) is 0 Å². The van der Waals surface area contributed by atoms with Crippen LogP contribution in [0.5, 0.6) is 0 Å². The fraction of sp³-hybridized carbons (Fsp3) is 0.400. The fourth-order valence-electron chi connectivity index (χ4n) is 4.31. The van der Waals surface area contributed by atoms with Gasteiger partial charge in [-0.15, -0.1) is 5.10 Å². The Morgan fingerprint density at radius 2 is 2.00 bits per heavy atom. The van der Waals surface area contributed by atoms with Gasteiger partial charge in [0.15, 0.2) is 11.5 Å². The van der Waals surface area contributed by atoms with Crippen molar-refractivity contribution in [1.29, 1.82) is 0 Å². The summed E-state index contributed by atoms with van der Waals surface area (Å²) in [5.41, 5.74) is 9.27. The van der Waals surface area contributed by atoms with Gasteiger partial charge in [-0.25, -0.2) is 18.4 Å². The first-order valence-electron chi connectivity index (χ1n) is 10.3. The number of nitrogens with one attached hydrogen (secondary N) is 1. The van der Waals surface area contributed by atoms with Gasteiger partial charge in [0.2, 0.25) is 5.95 Å². The monoisotopic (exact) mass is 423 g/mol. The minimum absolute atomic E-state index is 0.312. The van der Waals surface area contributed by atoms with Gasteiger partial charge in [0.25, 0.3) is 0 Å². The predicted molar refractivity (Wildman–Crippen MR) is 112 cm³/mol. The lowest BCUT2D eigenvalue weighted by atomic mass is 10.0. The average Bonchev–Trinajstić information content (AvgIpc) is 3.35. The van der Waals surface area contributed by atoms with Gasteiger partial charge < -0.3 is 15.8 Å². The number of rotatable bonds is 4. The predicted octanol–water partition coefficient (Wildman–Crippen LogP) is 1.24. The van der Waals surface area contributed by atoms with Crippen LogP contribution in [-0.2, 0) is 4.74 Å². The van der Waals surface area contributed by atoms with Gasteiger partial charge in [0.05, 0.1) is 37.2 Å². The molecular formula is C20H22FN9O. The average molecular weight is 423 g/mol. The highest BCUT2D eigenvalue weighted by Crippen LogP contribution is 2.28. The van der Waals surface area contributed by atoms with Crippen LogP contribution in [0, 0.1) is 0 Å². The van der Waals surface area contributed by atoms with E-state index >= 15 is 0 Å². The summed E-state index contributed by atoms with van der Waals surface area (Å²) in [5, 5.41) is 11.8. The minimum Gasteiger partial charge on any atom is -0.382 e. The van der Waals surface area contributed by atoms with Gasteiger partial charge in [-0.1, -0.05) is 0 Å². The Bertz CT molecular complexity index is 1250. The van der Waals surface area contributed by atoms with Crippen LogP contribution in [0.25, 0.3) is 22.4 Å². The molecule has 2 atom stereocenters. The highest BCUT2D eigenvalue weighted by molar-refractivity contribution is 5.86.